The topological polar surface area (TPSA) is 65.7 Å². The molecule has 0 saturated heterocycles. The lowest BCUT2D eigenvalue weighted by Crippen LogP contribution is -2.31. The van der Waals surface area contributed by atoms with Crippen LogP contribution in [0.4, 0.5) is 10.7 Å². The molecule has 6 heteroatoms. The zero-order chi connectivity index (χ0) is 27.8. The maximum Gasteiger partial charge on any atom is 0.128 e. The second-order valence-electron chi connectivity index (χ2n) is 10.4. The molecule has 0 bridgehead atoms. The second kappa shape index (κ2) is 10.7. The Morgan fingerprint density at radius 3 is 2.46 bits per heavy atom. The fourth-order valence-corrected chi connectivity index (χ4v) is 6.74. The Kier molecular flexibility index (Phi) is 6.63. The van der Waals surface area contributed by atoms with Gasteiger partial charge in [-0.25, -0.2) is 4.99 Å². The zero-order valence-electron chi connectivity index (χ0n) is 22.7. The van der Waals surface area contributed by atoms with Crippen molar-refractivity contribution in [2.24, 2.45) is 10.7 Å². The minimum Gasteiger partial charge on any atom is -0.383 e. The molecule has 4 N–H and O–H groups in total. The molecule has 0 spiro atoms. The van der Waals surface area contributed by atoms with Gasteiger partial charge in [-0.2, -0.15) is 0 Å². The molecule has 3 atom stereocenters. The van der Waals surface area contributed by atoms with E-state index >= 15 is 0 Å². The Balaban J connectivity index is 1.20. The van der Waals surface area contributed by atoms with Crippen molar-refractivity contribution in [1.29, 1.82) is 0 Å². The Morgan fingerprint density at radius 1 is 0.902 bits per heavy atom. The highest BCUT2D eigenvalue weighted by Crippen LogP contribution is 2.49. The molecule has 0 radical (unpaired) electrons. The van der Waals surface area contributed by atoms with Gasteiger partial charge in [-0.1, -0.05) is 97.1 Å². The van der Waals surface area contributed by atoms with Gasteiger partial charge >= 0.3 is 0 Å². The Morgan fingerprint density at radius 2 is 1.63 bits per heavy atom. The van der Waals surface area contributed by atoms with E-state index in [-0.39, 0.29) is 18.4 Å². The highest BCUT2D eigenvalue weighted by atomic mass is 32.1. The number of allylic oxidation sites excluding steroid dienone is 2. The molecule has 0 fully saturated rings. The van der Waals surface area contributed by atoms with Crippen molar-refractivity contribution < 1.29 is 0 Å². The molecule has 2 aliphatic heterocycles. The molecular weight excluding hydrogens is 522 g/mol. The van der Waals surface area contributed by atoms with E-state index in [1.807, 2.05) is 47.7 Å². The molecule has 4 aromatic carbocycles. The number of aliphatic imine (C=N–C) groups is 1. The summed E-state index contributed by atoms with van der Waals surface area (Å²) in [4.78, 5) is 7.32. The summed E-state index contributed by atoms with van der Waals surface area (Å²) in [5, 5.41) is 10.0. The molecule has 5 nitrogen and oxygen atoms in total. The monoisotopic (exact) mass is 553 g/mol. The van der Waals surface area contributed by atoms with E-state index in [4.69, 9.17) is 10.7 Å². The third-order valence-corrected chi connectivity index (χ3v) is 8.92. The van der Waals surface area contributed by atoms with E-state index in [2.05, 4.69) is 114 Å². The first-order valence-electron chi connectivity index (χ1n) is 13.9. The molecule has 41 heavy (non-hydrogen) atoms. The molecule has 0 aliphatic carbocycles. The van der Waals surface area contributed by atoms with E-state index in [9.17, 15) is 0 Å². The van der Waals surface area contributed by atoms with Crippen LogP contribution in [0.1, 0.15) is 41.4 Å². The third kappa shape index (κ3) is 4.92. The van der Waals surface area contributed by atoms with E-state index in [1.54, 1.807) is 0 Å². The van der Waals surface area contributed by atoms with Crippen LogP contribution in [-0.4, -0.2) is 12.0 Å². The molecule has 3 unspecified atom stereocenters. The smallest absolute Gasteiger partial charge is 0.128 e. The van der Waals surface area contributed by atoms with Gasteiger partial charge in [-0.15, -0.1) is 11.3 Å². The van der Waals surface area contributed by atoms with Crippen LogP contribution in [0.5, 0.6) is 0 Å². The standard InChI is InChI=1S/C35H31N5S/c1-23(24-11-4-2-5-12-24)37-34(39-33(36)25-13-6-3-7-14-25)28-16-10-15-26(21-28)27-19-20-40-31(22-27)38-32-29-17-8-9-18-30(29)41-35(32)40/h2-23,31,34,37-38H,1H3,(H2,36,39). The summed E-state index contributed by atoms with van der Waals surface area (Å²) >= 11 is 1.83. The Bertz CT molecular complexity index is 1790. The number of hydrogen-bond donors (Lipinski definition) is 3. The van der Waals surface area contributed by atoms with Crippen molar-refractivity contribution in [3.63, 3.8) is 0 Å². The molecular formula is C35H31N5S. The molecule has 2 aliphatic rings. The first-order valence-corrected chi connectivity index (χ1v) is 14.7. The number of rotatable bonds is 7. The number of anilines is 2. The number of fused-ring (bicyclic) bond motifs is 5. The Hall–Kier alpha value is -4.65. The quantitative estimate of drug-likeness (QED) is 0.142. The number of benzene rings is 4. The van der Waals surface area contributed by atoms with Crippen LogP contribution in [0, 0.1) is 0 Å². The van der Waals surface area contributed by atoms with Gasteiger partial charge in [0, 0.05) is 27.9 Å². The number of nitrogens with one attached hydrogen (secondary N) is 2. The number of hydrogen-bond acceptors (Lipinski definition) is 5. The van der Waals surface area contributed by atoms with Gasteiger partial charge in [0.15, 0.2) is 0 Å². The number of amidine groups is 1. The van der Waals surface area contributed by atoms with Crippen molar-refractivity contribution in [1.82, 2.24) is 5.32 Å². The van der Waals surface area contributed by atoms with Gasteiger partial charge < -0.3 is 16.0 Å². The summed E-state index contributed by atoms with van der Waals surface area (Å²) in [6.45, 7) is 2.16. The normalized spacial score (nSPS) is 17.5. The van der Waals surface area contributed by atoms with Gasteiger partial charge in [0.05, 0.1) is 5.69 Å². The number of nitrogens with two attached hydrogens (primary N) is 1. The molecule has 0 amide bonds. The predicted octanol–water partition coefficient (Wildman–Crippen LogP) is 7.83. The maximum atomic E-state index is 6.53. The van der Waals surface area contributed by atoms with Crippen LogP contribution in [0.15, 0.2) is 133 Å². The first kappa shape index (κ1) is 25.3. The van der Waals surface area contributed by atoms with E-state index < -0.39 is 0 Å². The van der Waals surface area contributed by atoms with Crippen molar-refractivity contribution in [3.8, 4) is 0 Å². The molecule has 5 aromatic rings. The molecule has 0 saturated carbocycles. The minimum atomic E-state index is -0.321. The number of nitrogens with zero attached hydrogens (tertiary/aromatic N) is 2. The highest BCUT2D eigenvalue weighted by Gasteiger charge is 2.31. The Labute approximate surface area is 244 Å². The third-order valence-electron chi connectivity index (χ3n) is 7.74. The van der Waals surface area contributed by atoms with Crippen LogP contribution in [0.3, 0.4) is 0 Å². The number of thiophene rings is 1. The van der Waals surface area contributed by atoms with Crippen molar-refractivity contribution >= 4 is 43.5 Å². The predicted molar refractivity (Wildman–Crippen MR) is 173 cm³/mol. The zero-order valence-corrected chi connectivity index (χ0v) is 23.6. The summed E-state index contributed by atoms with van der Waals surface area (Å²) in [5.41, 5.74) is 13.2. The first-order chi connectivity index (χ1) is 20.1. The molecule has 3 heterocycles. The van der Waals surface area contributed by atoms with Gasteiger partial charge in [0.2, 0.25) is 0 Å². The molecule has 1 aromatic heterocycles. The van der Waals surface area contributed by atoms with Crippen molar-refractivity contribution in [3.05, 3.63) is 150 Å². The van der Waals surface area contributed by atoms with Crippen LogP contribution in [-0.2, 0) is 0 Å². The SMILES string of the molecule is CC(NC(N=C(N)c1ccccc1)c1cccc(C2=CC3Nc4c(sc5ccccc45)N3C=C2)c1)c1ccccc1. The fraction of sp³-hybridized carbons (Fsp3) is 0.114. The average Bonchev–Trinajstić information content (AvgIpc) is 3.57. The minimum absolute atomic E-state index is 0.0797. The fourth-order valence-electron chi connectivity index (χ4n) is 5.55. The van der Waals surface area contributed by atoms with Crippen LogP contribution in [0.2, 0.25) is 0 Å². The lowest BCUT2D eigenvalue weighted by atomic mass is 9.99. The summed E-state index contributed by atoms with van der Waals surface area (Å²) in [6, 6.07) is 37.7. The van der Waals surface area contributed by atoms with Gasteiger partial charge in [0.1, 0.15) is 23.2 Å². The molecule has 202 valence electrons. The summed E-state index contributed by atoms with van der Waals surface area (Å²) in [7, 11) is 0. The molecule has 7 rings (SSSR count). The van der Waals surface area contributed by atoms with Crippen molar-refractivity contribution in [2.75, 3.05) is 10.2 Å². The van der Waals surface area contributed by atoms with Gasteiger partial charge in [0.25, 0.3) is 0 Å². The highest BCUT2D eigenvalue weighted by molar-refractivity contribution is 7.23. The van der Waals surface area contributed by atoms with Crippen LogP contribution in [0.25, 0.3) is 15.7 Å². The average molecular weight is 554 g/mol. The largest absolute Gasteiger partial charge is 0.383 e. The maximum absolute atomic E-state index is 6.53. The van der Waals surface area contributed by atoms with Crippen LogP contribution < -0.4 is 21.3 Å². The van der Waals surface area contributed by atoms with E-state index in [1.165, 1.54) is 31.9 Å². The summed E-state index contributed by atoms with van der Waals surface area (Å²) < 4.78 is 1.30. The van der Waals surface area contributed by atoms with Crippen LogP contribution >= 0.6 is 11.3 Å². The second-order valence-corrected chi connectivity index (χ2v) is 11.5. The van der Waals surface area contributed by atoms with E-state index in [0.717, 1.165) is 16.7 Å². The summed E-state index contributed by atoms with van der Waals surface area (Å²) in [6.07, 6.45) is 6.46. The lowest BCUT2D eigenvalue weighted by Gasteiger charge is -2.25. The summed E-state index contributed by atoms with van der Waals surface area (Å²) in [5.74, 6) is 0.509. The van der Waals surface area contributed by atoms with E-state index in [0.29, 0.717) is 5.84 Å². The van der Waals surface area contributed by atoms with Crippen molar-refractivity contribution in [2.45, 2.75) is 25.3 Å². The lowest BCUT2D eigenvalue weighted by molar-refractivity contribution is 0.480. The van der Waals surface area contributed by atoms with Gasteiger partial charge in [-0.05, 0) is 53.5 Å². The van der Waals surface area contributed by atoms with Gasteiger partial charge in [-0.3, -0.25) is 5.32 Å².